The van der Waals surface area contributed by atoms with Crippen molar-refractivity contribution in [3.63, 3.8) is 0 Å². The normalized spacial score (nSPS) is 13.8. The number of rotatable bonds is 3. The Morgan fingerprint density at radius 3 is 2.83 bits per heavy atom. The number of aromatic nitrogens is 3. The second kappa shape index (κ2) is 6.20. The summed E-state index contributed by atoms with van der Waals surface area (Å²) in [6.45, 7) is 4.92. The van der Waals surface area contributed by atoms with Gasteiger partial charge >= 0.3 is 0 Å². The second-order valence-electron chi connectivity index (χ2n) is 5.73. The highest BCUT2D eigenvalue weighted by molar-refractivity contribution is 5.94. The average Bonchev–Trinajstić information content (AvgIpc) is 2.53. The van der Waals surface area contributed by atoms with Gasteiger partial charge in [0.1, 0.15) is 0 Å². The molecule has 0 spiro atoms. The monoisotopic (exact) mass is 313 g/mol. The minimum atomic E-state index is -0.0727. The Labute approximate surface area is 134 Å². The second-order valence-corrected chi connectivity index (χ2v) is 5.73. The first-order chi connectivity index (χ1) is 11.0. The van der Waals surface area contributed by atoms with Gasteiger partial charge in [0.25, 0.3) is 5.91 Å². The molecule has 0 bridgehead atoms. The fourth-order valence-electron chi connectivity index (χ4n) is 2.49. The van der Waals surface area contributed by atoms with Crippen molar-refractivity contribution in [2.45, 2.75) is 32.9 Å². The van der Waals surface area contributed by atoms with E-state index in [2.05, 4.69) is 15.0 Å². The van der Waals surface area contributed by atoms with Gasteiger partial charge in [-0.25, -0.2) is 15.0 Å². The van der Waals surface area contributed by atoms with Gasteiger partial charge in [0, 0.05) is 25.0 Å². The number of amides is 1. The van der Waals surface area contributed by atoms with E-state index in [-0.39, 0.29) is 18.0 Å². The summed E-state index contributed by atoms with van der Waals surface area (Å²) in [5, 5.41) is 0. The molecule has 0 atom stereocenters. The fraction of sp³-hybridized carbons (Fsp3) is 0.375. The number of carbonyl (C=O) groups is 1. The van der Waals surface area contributed by atoms with Crippen LogP contribution in [0, 0.1) is 0 Å². The molecule has 3 rings (SSSR count). The van der Waals surface area contributed by atoms with Gasteiger partial charge in [-0.15, -0.1) is 0 Å². The van der Waals surface area contributed by atoms with Crippen LogP contribution in [0.2, 0.25) is 0 Å². The van der Waals surface area contributed by atoms with E-state index < -0.39 is 0 Å². The molecule has 7 heteroatoms. The topological polar surface area (TPSA) is 94.2 Å². The minimum Gasteiger partial charge on any atom is -0.475 e. The first-order valence-electron chi connectivity index (χ1n) is 7.55. The third kappa shape index (κ3) is 3.39. The smallest absolute Gasteiger partial charge is 0.255 e. The lowest BCUT2D eigenvalue weighted by Gasteiger charge is -2.28. The molecule has 0 fully saturated rings. The van der Waals surface area contributed by atoms with E-state index in [9.17, 15) is 4.79 Å². The van der Waals surface area contributed by atoms with Crippen molar-refractivity contribution in [2.75, 3.05) is 12.3 Å². The van der Waals surface area contributed by atoms with Crippen molar-refractivity contribution in [2.24, 2.45) is 0 Å². The van der Waals surface area contributed by atoms with Crippen molar-refractivity contribution in [3.05, 3.63) is 41.3 Å². The molecular formula is C16H19N5O2. The Hall–Kier alpha value is -2.70. The first kappa shape index (κ1) is 15.2. The zero-order chi connectivity index (χ0) is 16.4. The number of nitrogens with zero attached hydrogens (tertiary/aromatic N) is 4. The summed E-state index contributed by atoms with van der Waals surface area (Å²) >= 11 is 0. The van der Waals surface area contributed by atoms with Gasteiger partial charge in [-0.05, 0) is 31.9 Å². The van der Waals surface area contributed by atoms with E-state index in [4.69, 9.17) is 10.5 Å². The maximum atomic E-state index is 12.6. The standard InChI is InChI=1S/C16H19N5O2/c1-10(2)23-14-4-3-12(8-18-14)15(22)21-6-5-11-7-19-16(17)20-13(11)9-21/h3-4,7-8,10H,5-6,9H2,1-2H3,(H2,17,19,20). The third-order valence-electron chi connectivity index (χ3n) is 3.59. The van der Waals surface area contributed by atoms with Crippen LogP contribution >= 0.6 is 0 Å². The minimum absolute atomic E-state index is 0.0489. The lowest BCUT2D eigenvalue weighted by Crippen LogP contribution is -2.36. The van der Waals surface area contributed by atoms with Crippen LogP contribution in [0.4, 0.5) is 5.95 Å². The Kier molecular flexibility index (Phi) is 4.10. The Morgan fingerprint density at radius 1 is 1.30 bits per heavy atom. The van der Waals surface area contributed by atoms with Crippen LogP contribution < -0.4 is 10.5 Å². The highest BCUT2D eigenvalue weighted by Crippen LogP contribution is 2.19. The molecule has 0 saturated heterocycles. The number of ether oxygens (including phenoxy) is 1. The van der Waals surface area contributed by atoms with Crippen molar-refractivity contribution in [1.29, 1.82) is 0 Å². The van der Waals surface area contributed by atoms with Gasteiger partial charge in [0.15, 0.2) is 0 Å². The van der Waals surface area contributed by atoms with Crippen LogP contribution in [0.25, 0.3) is 0 Å². The highest BCUT2D eigenvalue weighted by atomic mass is 16.5. The number of hydrogen-bond donors (Lipinski definition) is 1. The van der Waals surface area contributed by atoms with E-state index >= 15 is 0 Å². The van der Waals surface area contributed by atoms with E-state index in [1.54, 1.807) is 29.4 Å². The fourth-order valence-corrected chi connectivity index (χ4v) is 2.49. The molecule has 1 aliphatic rings. The van der Waals surface area contributed by atoms with Crippen molar-refractivity contribution in [1.82, 2.24) is 19.9 Å². The summed E-state index contributed by atoms with van der Waals surface area (Å²) < 4.78 is 5.49. The summed E-state index contributed by atoms with van der Waals surface area (Å²) in [6, 6.07) is 3.45. The van der Waals surface area contributed by atoms with Gasteiger partial charge in [-0.3, -0.25) is 4.79 Å². The Balaban J connectivity index is 1.73. The van der Waals surface area contributed by atoms with Gasteiger partial charge < -0.3 is 15.4 Å². The van der Waals surface area contributed by atoms with Crippen LogP contribution in [-0.2, 0) is 13.0 Å². The maximum absolute atomic E-state index is 12.6. The molecule has 3 heterocycles. The summed E-state index contributed by atoms with van der Waals surface area (Å²) in [7, 11) is 0. The van der Waals surface area contributed by atoms with Gasteiger partial charge in [0.05, 0.1) is 23.9 Å². The summed E-state index contributed by atoms with van der Waals surface area (Å²) in [4.78, 5) is 26.7. The molecule has 0 aliphatic carbocycles. The molecular weight excluding hydrogens is 294 g/mol. The number of pyridine rings is 1. The number of nitrogen functional groups attached to an aromatic ring is 1. The van der Waals surface area contributed by atoms with E-state index in [1.807, 2.05) is 13.8 Å². The van der Waals surface area contributed by atoms with E-state index in [1.165, 1.54) is 0 Å². The molecule has 0 aromatic carbocycles. The molecule has 1 aliphatic heterocycles. The summed E-state index contributed by atoms with van der Waals surface area (Å²) in [5.74, 6) is 0.674. The molecule has 23 heavy (non-hydrogen) atoms. The van der Waals surface area contributed by atoms with Gasteiger partial charge in [0.2, 0.25) is 11.8 Å². The van der Waals surface area contributed by atoms with E-state index in [0.717, 1.165) is 17.7 Å². The number of hydrogen-bond acceptors (Lipinski definition) is 6. The maximum Gasteiger partial charge on any atom is 0.255 e. The molecule has 2 N–H and O–H groups in total. The number of fused-ring (bicyclic) bond motifs is 1. The highest BCUT2D eigenvalue weighted by Gasteiger charge is 2.23. The quantitative estimate of drug-likeness (QED) is 0.921. The predicted octanol–water partition coefficient (Wildman–Crippen LogP) is 1.44. The zero-order valence-electron chi connectivity index (χ0n) is 13.2. The summed E-state index contributed by atoms with van der Waals surface area (Å²) in [5.41, 5.74) is 8.01. The molecule has 0 radical (unpaired) electrons. The summed E-state index contributed by atoms with van der Waals surface area (Å²) in [6.07, 6.45) is 4.06. The zero-order valence-corrected chi connectivity index (χ0v) is 13.2. The molecule has 0 saturated carbocycles. The van der Waals surface area contributed by atoms with Gasteiger partial charge in [-0.2, -0.15) is 0 Å². The lowest BCUT2D eigenvalue weighted by atomic mass is 10.1. The Bertz CT molecular complexity index is 715. The number of anilines is 1. The average molecular weight is 313 g/mol. The SMILES string of the molecule is CC(C)Oc1ccc(C(=O)N2CCc3cnc(N)nc3C2)cn1. The molecule has 2 aromatic rings. The van der Waals surface area contributed by atoms with Crippen molar-refractivity contribution >= 4 is 11.9 Å². The predicted molar refractivity (Wildman–Crippen MR) is 84.9 cm³/mol. The molecule has 1 amide bonds. The van der Waals surface area contributed by atoms with Crippen LogP contribution in [0.15, 0.2) is 24.5 Å². The molecule has 7 nitrogen and oxygen atoms in total. The van der Waals surface area contributed by atoms with E-state index in [0.29, 0.717) is 24.5 Å². The van der Waals surface area contributed by atoms with Gasteiger partial charge in [-0.1, -0.05) is 0 Å². The number of carbonyl (C=O) groups excluding carboxylic acids is 1. The first-order valence-corrected chi connectivity index (χ1v) is 7.55. The third-order valence-corrected chi connectivity index (χ3v) is 3.59. The van der Waals surface area contributed by atoms with Crippen molar-refractivity contribution < 1.29 is 9.53 Å². The van der Waals surface area contributed by atoms with Crippen LogP contribution in [-0.4, -0.2) is 38.4 Å². The lowest BCUT2D eigenvalue weighted by molar-refractivity contribution is 0.0731. The number of nitrogens with two attached hydrogens (primary N) is 1. The largest absolute Gasteiger partial charge is 0.475 e. The Morgan fingerprint density at radius 2 is 2.13 bits per heavy atom. The molecule has 120 valence electrons. The molecule has 2 aromatic heterocycles. The van der Waals surface area contributed by atoms with Crippen LogP contribution in [0.5, 0.6) is 5.88 Å². The van der Waals surface area contributed by atoms with Crippen molar-refractivity contribution in [3.8, 4) is 5.88 Å². The van der Waals surface area contributed by atoms with Crippen LogP contribution in [0.1, 0.15) is 35.5 Å². The molecule has 0 unspecified atom stereocenters. The van der Waals surface area contributed by atoms with Crippen LogP contribution in [0.3, 0.4) is 0 Å².